The fraction of sp³-hybridized carbons (Fsp3) is 0.462. The van der Waals surface area contributed by atoms with Crippen molar-refractivity contribution in [2.24, 2.45) is 5.73 Å². The van der Waals surface area contributed by atoms with Gasteiger partial charge in [0.15, 0.2) is 0 Å². The fourth-order valence-corrected chi connectivity index (χ4v) is 1.83. The molecule has 88 valence electrons. The third-order valence-electron chi connectivity index (χ3n) is 2.44. The lowest BCUT2D eigenvalue weighted by molar-refractivity contribution is 0.309. The van der Waals surface area contributed by atoms with Crippen molar-refractivity contribution in [2.45, 2.75) is 33.6 Å². The van der Waals surface area contributed by atoms with E-state index in [4.69, 9.17) is 15.9 Å². The minimum absolute atomic E-state index is 0.223. The highest BCUT2D eigenvalue weighted by Crippen LogP contribution is 2.24. The Kier molecular flexibility index (Phi) is 4.35. The molecule has 0 aliphatic heterocycles. The molecule has 0 bridgehead atoms. The number of hydrogen-bond donors (Lipinski definition) is 2. The molecule has 0 saturated heterocycles. The van der Waals surface area contributed by atoms with Gasteiger partial charge in [-0.1, -0.05) is 17.7 Å². The predicted molar refractivity (Wildman–Crippen MR) is 67.3 cm³/mol. The third-order valence-corrected chi connectivity index (χ3v) is 2.44. The van der Waals surface area contributed by atoms with Crippen molar-refractivity contribution in [3.63, 3.8) is 0 Å². The number of nitrogens with two attached hydrogens (primary N) is 1. The number of rotatable bonds is 5. The number of benzene rings is 1. The molecular formula is C13H20N2O. The Labute approximate surface area is 97.1 Å². The largest absolute Gasteiger partial charge is 0.493 e. The predicted octanol–water partition coefficient (Wildman–Crippen LogP) is 2.71. The van der Waals surface area contributed by atoms with Crippen LogP contribution < -0.4 is 10.5 Å². The highest BCUT2D eigenvalue weighted by atomic mass is 16.5. The van der Waals surface area contributed by atoms with E-state index in [1.807, 2.05) is 0 Å². The van der Waals surface area contributed by atoms with Crippen LogP contribution >= 0.6 is 0 Å². The first-order chi connectivity index (χ1) is 7.50. The van der Waals surface area contributed by atoms with Gasteiger partial charge in [-0.15, -0.1) is 0 Å². The SMILES string of the molecule is Cc1cc(C)c(OCCCC(=N)N)c(C)c1. The summed E-state index contributed by atoms with van der Waals surface area (Å²) in [4.78, 5) is 0. The smallest absolute Gasteiger partial charge is 0.125 e. The van der Waals surface area contributed by atoms with E-state index in [0.29, 0.717) is 13.0 Å². The zero-order valence-corrected chi connectivity index (χ0v) is 10.3. The molecule has 3 nitrogen and oxygen atoms in total. The second-order valence-electron chi connectivity index (χ2n) is 4.21. The van der Waals surface area contributed by atoms with Gasteiger partial charge in [-0.3, -0.25) is 5.41 Å². The van der Waals surface area contributed by atoms with Gasteiger partial charge in [-0.2, -0.15) is 0 Å². The molecule has 0 fully saturated rings. The van der Waals surface area contributed by atoms with Crippen LogP contribution in [0.25, 0.3) is 0 Å². The first-order valence-corrected chi connectivity index (χ1v) is 5.54. The lowest BCUT2D eigenvalue weighted by Crippen LogP contribution is -2.11. The topological polar surface area (TPSA) is 59.1 Å². The molecule has 0 saturated carbocycles. The molecule has 0 aliphatic carbocycles. The lowest BCUT2D eigenvalue weighted by Gasteiger charge is -2.12. The summed E-state index contributed by atoms with van der Waals surface area (Å²) in [6.45, 7) is 6.81. The van der Waals surface area contributed by atoms with E-state index in [1.54, 1.807) is 0 Å². The van der Waals surface area contributed by atoms with E-state index >= 15 is 0 Å². The Morgan fingerprint density at radius 2 is 1.81 bits per heavy atom. The molecule has 16 heavy (non-hydrogen) atoms. The van der Waals surface area contributed by atoms with Crippen molar-refractivity contribution in [2.75, 3.05) is 6.61 Å². The van der Waals surface area contributed by atoms with E-state index in [0.717, 1.165) is 12.2 Å². The quantitative estimate of drug-likeness (QED) is 0.455. The van der Waals surface area contributed by atoms with Crippen molar-refractivity contribution < 1.29 is 4.74 Å². The number of ether oxygens (including phenoxy) is 1. The monoisotopic (exact) mass is 220 g/mol. The molecule has 0 aliphatic rings. The molecule has 3 N–H and O–H groups in total. The highest BCUT2D eigenvalue weighted by Gasteiger charge is 2.04. The summed E-state index contributed by atoms with van der Waals surface area (Å²) in [7, 11) is 0. The summed E-state index contributed by atoms with van der Waals surface area (Å²) in [5.41, 5.74) is 8.87. The minimum atomic E-state index is 0.223. The maximum atomic E-state index is 7.11. The molecule has 0 unspecified atom stereocenters. The molecule has 0 amide bonds. The van der Waals surface area contributed by atoms with Gasteiger partial charge in [0, 0.05) is 6.42 Å². The van der Waals surface area contributed by atoms with Crippen molar-refractivity contribution >= 4 is 5.84 Å². The van der Waals surface area contributed by atoms with E-state index in [-0.39, 0.29) is 5.84 Å². The summed E-state index contributed by atoms with van der Waals surface area (Å²) in [5.74, 6) is 1.19. The van der Waals surface area contributed by atoms with E-state index in [9.17, 15) is 0 Å². The van der Waals surface area contributed by atoms with Crippen LogP contribution in [-0.4, -0.2) is 12.4 Å². The van der Waals surface area contributed by atoms with Crippen LogP contribution in [0, 0.1) is 26.2 Å². The van der Waals surface area contributed by atoms with Crippen molar-refractivity contribution in [3.05, 3.63) is 28.8 Å². The number of nitrogens with one attached hydrogen (secondary N) is 1. The van der Waals surface area contributed by atoms with E-state index < -0.39 is 0 Å². The highest BCUT2D eigenvalue weighted by molar-refractivity contribution is 5.76. The Morgan fingerprint density at radius 1 is 1.25 bits per heavy atom. The first kappa shape index (κ1) is 12.6. The Bertz CT molecular complexity index is 363. The third kappa shape index (κ3) is 3.57. The second kappa shape index (κ2) is 5.54. The van der Waals surface area contributed by atoms with Gasteiger partial charge < -0.3 is 10.5 Å². The Balaban J connectivity index is 2.57. The summed E-state index contributed by atoms with van der Waals surface area (Å²) >= 11 is 0. The zero-order chi connectivity index (χ0) is 12.1. The Hall–Kier alpha value is -1.51. The fourth-order valence-electron chi connectivity index (χ4n) is 1.83. The van der Waals surface area contributed by atoms with Crippen LogP contribution in [0.2, 0.25) is 0 Å². The minimum Gasteiger partial charge on any atom is -0.493 e. The second-order valence-corrected chi connectivity index (χ2v) is 4.21. The van der Waals surface area contributed by atoms with Crippen LogP contribution in [0.4, 0.5) is 0 Å². The average molecular weight is 220 g/mol. The summed E-state index contributed by atoms with van der Waals surface area (Å²) < 4.78 is 5.72. The van der Waals surface area contributed by atoms with Gasteiger partial charge in [-0.25, -0.2) is 0 Å². The van der Waals surface area contributed by atoms with Crippen LogP contribution in [0.3, 0.4) is 0 Å². The number of aryl methyl sites for hydroxylation is 3. The standard InChI is InChI=1S/C13H20N2O/c1-9-7-10(2)13(11(3)8-9)16-6-4-5-12(14)15/h7-8H,4-6H2,1-3H3,(H3,14,15). The van der Waals surface area contributed by atoms with Gasteiger partial charge in [0.2, 0.25) is 0 Å². The van der Waals surface area contributed by atoms with E-state index in [2.05, 4.69) is 32.9 Å². The maximum Gasteiger partial charge on any atom is 0.125 e. The Morgan fingerprint density at radius 3 is 2.31 bits per heavy atom. The molecule has 3 heteroatoms. The summed E-state index contributed by atoms with van der Waals surface area (Å²) in [5, 5.41) is 7.11. The maximum absolute atomic E-state index is 7.11. The number of amidine groups is 1. The van der Waals surface area contributed by atoms with Crippen LogP contribution in [0.15, 0.2) is 12.1 Å². The zero-order valence-electron chi connectivity index (χ0n) is 10.3. The molecular weight excluding hydrogens is 200 g/mol. The molecule has 1 rings (SSSR count). The molecule has 0 radical (unpaired) electrons. The molecule has 1 aromatic rings. The van der Waals surface area contributed by atoms with Crippen LogP contribution in [0.5, 0.6) is 5.75 Å². The van der Waals surface area contributed by atoms with Gasteiger partial charge in [-0.05, 0) is 38.3 Å². The van der Waals surface area contributed by atoms with E-state index in [1.165, 1.54) is 16.7 Å². The number of hydrogen-bond acceptors (Lipinski definition) is 2. The molecule has 0 heterocycles. The van der Waals surface area contributed by atoms with Gasteiger partial charge in [0.05, 0.1) is 12.4 Å². The summed E-state index contributed by atoms with van der Waals surface area (Å²) in [6, 6.07) is 4.24. The molecule has 1 aromatic carbocycles. The van der Waals surface area contributed by atoms with Crippen LogP contribution in [-0.2, 0) is 0 Å². The lowest BCUT2D eigenvalue weighted by atomic mass is 10.1. The van der Waals surface area contributed by atoms with Gasteiger partial charge in [0.25, 0.3) is 0 Å². The average Bonchev–Trinajstić information content (AvgIpc) is 2.14. The van der Waals surface area contributed by atoms with Crippen LogP contribution in [0.1, 0.15) is 29.5 Å². The van der Waals surface area contributed by atoms with Crippen molar-refractivity contribution in [3.8, 4) is 5.75 Å². The molecule has 0 spiro atoms. The van der Waals surface area contributed by atoms with Crippen molar-refractivity contribution in [1.82, 2.24) is 0 Å². The normalized spacial score (nSPS) is 10.2. The van der Waals surface area contributed by atoms with Gasteiger partial charge >= 0.3 is 0 Å². The van der Waals surface area contributed by atoms with Gasteiger partial charge in [0.1, 0.15) is 5.75 Å². The summed E-state index contributed by atoms with van der Waals surface area (Å²) in [6.07, 6.45) is 1.39. The molecule has 0 atom stereocenters. The van der Waals surface area contributed by atoms with Crippen molar-refractivity contribution in [1.29, 1.82) is 5.41 Å². The first-order valence-electron chi connectivity index (χ1n) is 5.54. The molecule has 0 aromatic heterocycles.